The van der Waals surface area contributed by atoms with Crippen LogP contribution in [0.15, 0.2) is 36.4 Å². The summed E-state index contributed by atoms with van der Waals surface area (Å²) in [4.78, 5) is 102. The smallest absolute Gasteiger partial charge is 0.329 e. The number of amides is 6. The number of cyclic esters (lactones) is 1. The average Bonchev–Trinajstić information content (AvgIpc) is 3.85. The molecule has 5 rings (SSSR count). The van der Waals surface area contributed by atoms with Gasteiger partial charge in [0, 0.05) is 26.1 Å². The topological polar surface area (TPSA) is 175 Å². The van der Waals surface area contributed by atoms with Gasteiger partial charge in [0.05, 0.1) is 0 Å². The number of carbonyl (C=O) groups excluding carboxylic acids is 7. The maximum absolute atomic E-state index is 14.6. The molecule has 3 N–H and O–H groups in total. The van der Waals surface area contributed by atoms with Crippen LogP contribution in [-0.4, -0.2) is 118 Å². The van der Waals surface area contributed by atoms with Crippen LogP contribution < -0.4 is 16.0 Å². The van der Waals surface area contributed by atoms with E-state index >= 15 is 0 Å². The van der Waals surface area contributed by atoms with Crippen molar-refractivity contribution in [2.75, 3.05) is 19.6 Å². The summed E-state index contributed by atoms with van der Waals surface area (Å²) in [6.07, 6.45) is 6.71. The van der Waals surface area contributed by atoms with Gasteiger partial charge < -0.3 is 35.4 Å². The highest BCUT2D eigenvalue weighted by Gasteiger charge is 2.47. The molecule has 1 aromatic carbocycles. The van der Waals surface area contributed by atoms with E-state index in [0.717, 1.165) is 12.8 Å². The number of allylic oxidation sites excluding steroid dienone is 1. The second kappa shape index (κ2) is 18.7. The second-order valence-electron chi connectivity index (χ2n) is 15.4. The van der Waals surface area contributed by atoms with Crippen molar-refractivity contribution >= 4 is 41.4 Å². The van der Waals surface area contributed by atoms with Crippen LogP contribution in [0.2, 0.25) is 0 Å². The highest BCUT2D eigenvalue weighted by atomic mass is 19.1. The molecule has 0 aliphatic carbocycles. The van der Waals surface area contributed by atoms with Crippen molar-refractivity contribution in [2.24, 2.45) is 5.92 Å². The monoisotopic (exact) mass is 766 g/mol. The van der Waals surface area contributed by atoms with Crippen molar-refractivity contribution in [3.8, 4) is 0 Å². The van der Waals surface area contributed by atoms with Gasteiger partial charge in [0.15, 0.2) is 0 Å². The van der Waals surface area contributed by atoms with E-state index in [-0.39, 0.29) is 32.0 Å². The van der Waals surface area contributed by atoms with Gasteiger partial charge in [-0.25, -0.2) is 9.18 Å². The first-order valence-electron chi connectivity index (χ1n) is 19.7. The third-order valence-electron chi connectivity index (χ3n) is 11.1. The molecular formula is C40H55FN6O8. The Kier molecular flexibility index (Phi) is 14.0. The van der Waals surface area contributed by atoms with Gasteiger partial charge in [-0.3, -0.25) is 28.8 Å². The molecule has 1 aromatic rings. The molecule has 15 heteroatoms. The lowest BCUT2D eigenvalue weighted by Gasteiger charge is -2.41. The van der Waals surface area contributed by atoms with E-state index < -0.39 is 89.6 Å². The number of piperidine rings is 1. The summed E-state index contributed by atoms with van der Waals surface area (Å²) in [5.41, 5.74) is 0.416. The zero-order valence-electron chi connectivity index (χ0n) is 32.3. The molecule has 8 atom stereocenters. The predicted molar refractivity (Wildman–Crippen MR) is 199 cm³/mol. The molecule has 6 amide bonds. The standard InChI is InChI=1S/C40H55FN6O8/c1-5-6-7-8-16-33(48)43-29(23-27-12-9-13-28(41)22-27)35(49)44-34-26(4)55-40(54)31-15-11-19-46(31)37(51)25(3)42-36(50)32-21-24(2)17-20-47(32)38(52)30-14-10-18-45(30)39(34)53/h8-9,12-13,16,22,24-26,29-32,34H,5-7,10-11,14-15,17-21,23H2,1-4H3,(H,42,50)(H,43,48)(H,44,49)/b16-8+/t24?,25-,26-,29-,30+,31+,32+,34-/m0/s1. The Labute approximate surface area is 321 Å². The van der Waals surface area contributed by atoms with Crippen molar-refractivity contribution in [1.82, 2.24) is 30.7 Å². The minimum Gasteiger partial charge on any atom is -0.458 e. The molecule has 0 radical (unpaired) electrons. The lowest BCUT2D eigenvalue weighted by Crippen LogP contribution is -2.63. The number of halogens is 1. The Balaban J connectivity index is 1.49. The molecule has 4 heterocycles. The lowest BCUT2D eigenvalue weighted by molar-refractivity contribution is -0.163. The van der Waals surface area contributed by atoms with E-state index in [1.165, 1.54) is 45.9 Å². The van der Waals surface area contributed by atoms with E-state index in [1.807, 2.05) is 13.8 Å². The number of fused-ring (bicyclic) bond motifs is 3. The lowest BCUT2D eigenvalue weighted by atomic mass is 9.91. The summed E-state index contributed by atoms with van der Waals surface area (Å²) in [5, 5.41) is 8.19. The molecule has 14 nitrogen and oxygen atoms in total. The summed E-state index contributed by atoms with van der Waals surface area (Å²) >= 11 is 0. The van der Waals surface area contributed by atoms with Crippen LogP contribution >= 0.6 is 0 Å². The normalized spacial score (nSPS) is 28.6. The zero-order valence-corrected chi connectivity index (χ0v) is 32.3. The number of hydrogen-bond acceptors (Lipinski definition) is 8. The molecule has 4 aliphatic heterocycles. The Hall–Kier alpha value is -4.82. The number of hydrogen-bond donors (Lipinski definition) is 3. The van der Waals surface area contributed by atoms with E-state index in [4.69, 9.17) is 4.74 Å². The molecule has 4 fully saturated rings. The Morgan fingerprint density at radius 3 is 2.33 bits per heavy atom. The average molecular weight is 767 g/mol. The summed E-state index contributed by atoms with van der Waals surface area (Å²) in [5.74, 6) is -4.57. The van der Waals surface area contributed by atoms with Gasteiger partial charge in [-0.2, -0.15) is 0 Å². The van der Waals surface area contributed by atoms with Crippen molar-refractivity contribution in [1.29, 1.82) is 0 Å². The zero-order chi connectivity index (χ0) is 39.8. The molecule has 55 heavy (non-hydrogen) atoms. The van der Waals surface area contributed by atoms with Gasteiger partial charge >= 0.3 is 5.97 Å². The Morgan fingerprint density at radius 1 is 0.927 bits per heavy atom. The highest BCUT2D eigenvalue weighted by Crippen LogP contribution is 2.29. The van der Waals surface area contributed by atoms with Gasteiger partial charge in [-0.15, -0.1) is 0 Å². The van der Waals surface area contributed by atoms with Crippen LogP contribution in [-0.2, 0) is 44.7 Å². The summed E-state index contributed by atoms with van der Waals surface area (Å²) in [6, 6.07) is -0.960. The molecule has 4 saturated heterocycles. The first kappa shape index (κ1) is 41.3. The first-order chi connectivity index (χ1) is 26.3. The van der Waals surface area contributed by atoms with Gasteiger partial charge in [0.25, 0.3) is 0 Å². The summed E-state index contributed by atoms with van der Waals surface area (Å²) < 4.78 is 20.1. The highest BCUT2D eigenvalue weighted by molar-refractivity contribution is 5.98. The SMILES string of the molecule is CCCC/C=C/C(=O)N[C@@H](Cc1cccc(F)c1)C(=O)N[C@@H]1C(=O)N2CCC[C@@H]2C(=O)N2CCC(C)C[C@@H]2C(=O)N[C@@H](C)C(=O)N2CCC[C@@H]2C(=O)O[C@H]1C. The molecule has 0 aromatic heterocycles. The van der Waals surface area contributed by atoms with Crippen LogP contribution in [0.1, 0.15) is 91.0 Å². The number of nitrogens with zero attached hydrogens (tertiary/aromatic N) is 3. The maximum Gasteiger partial charge on any atom is 0.329 e. The van der Waals surface area contributed by atoms with Gasteiger partial charge in [0.1, 0.15) is 48.2 Å². The Morgan fingerprint density at radius 2 is 1.62 bits per heavy atom. The molecule has 0 bridgehead atoms. The fraction of sp³-hybridized carbons (Fsp3) is 0.625. The largest absolute Gasteiger partial charge is 0.458 e. The first-order valence-corrected chi connectivity index (χ1v) is 19.7. The van der Waals surface area contributed by atoms with Crippen molar-refractivity contribution in [2.45, 2.75) is 134 Å². The van der Waals surface area contributed by atoms with Crippen molar-refractivity contribution in [3.05, 3.63) is 47.8 Å². The van der Waals surface area contributed by atoms with Gasteiger partial charge in [-0.1, -0.05) is 44.9 Å². The fourth-order valence-corrected chi connectivity index (χ4v) is 8.01. The third kappa shape index (κ3) is 10.1. The number of unbranched alkanes of at least 4 members (excludes halogenated alkanes) is 2. The molecule has 1 unspecified atom stereocenters. The van der Waals surface area contributed by atoms with Crippen LogP contribution in [0.3, 0.4) is 0 Å². The fourth-order valence-electron chi connectivity index (χ4n) is 8.01. The number of benzene rings is 1. The molecular weight excluding hydrogens is 711 g/mol. The van der Waals surface area contributed by atoms with Crippen LogP contribution in [0, 0.1) is 11.7 Å². The summed E-state index contributed by atoms with van der Waals surface area (Å²) in [6.45, 7) is 7.74. The Bertz CT molecular complexity index is 1650. The molecule has 0 spiro atoms. The summed E-state index contributed by atoms with van der Waals surface area (Å²) in [7, 11) is 0. The van der Waals surface area contributed by atoms with Crippen LogP contribution in [0.4, 0.5) is 4.39 Å². The minimum absolute atomic E-state index is 0.119. The van der Waals surface area contributed by atoms with Crippen molar-refractivity contribution in [3.63, 3.8) is 0 Å². The van der Waals surface area contributed by atoms with E-state index in [1.54, 1.807) is 19.1 Å². The van der Waals surface area contributed by atoms with Gasteiger partial charge in [-0.05, 0) is 88.5 Å². The van der Waals surface area contributed by atoms with Crippen LogP contribution in [0.25, 0.3) is 0 Å². The predicted octanol–water partition coefficient (Wildman–Crippen LogP) is 2.14. The second-order valence-corrected chi connectivity index (χ2v) is 15.4. The number of carbonyl (C=O) groups is 7. The maximum atomic E-state index is 14.6. The molecule has 4 aliphatic rings. The quantitative estimate of drug-likeness (QED) is 0.195. The number of nitrogens with one attached hydrogen (secondary N) is 3. The number of esters is 1. The number of ether oxygens (including phenoxy) is 1. The minimum atomic E-state index is -1.50. The van der Waals surface area contributed by atoms with Crippen molar-refractivity contribution < 1.29 is 42.7 Å². The van der Waals surface area contributed by atoms with Crippen LogP contribution in [0.5, 0.6) is 0 Å². The van der Waals surface area contributed by atoms with Gasteiger partial charge in [0.2, 0.25) is 35.4 Å². The molecule has 0 saturated carbocycles. The number of rotatable bonds is 9. The third-order valence-corrected chi connectivity index (χ3v) is 11.1. The van der Waals surface area contributed by atoms with E-state index in [0.29, 0.717) is 50.5 Å². The van der Waals surface area contributed by atoms with E-state index in [2.05, 4.69) is 16.0 Å². The van der Waals surface area contributed by atoms with E-state index in [9.17, 15) is 38.0 Å². The molecule has 300 valence electrons.